The Balaban J connectivity index is 2.14. The zero-order valence-corrected chi connectivity index (χ0v) is 14.9. The fourth-order valence-electron chi connectivity index (χ4n) is 4.27. The molecule has 1 saturated carbocycles. The van der Waals surface area contributed by atoms with Crippen molar-refractivity contribution in [1.82, 2.24) is 4.90 Å². The number of carbonyl (C=O) groups excluding carboxylic acids is 1. The van der Waals surface area contributed by atoms with Crippen molar-refractivity contribution in [2.45, 2.75) is 70.9 Å². The van der Waals surface area contributed by atoms with E-state index < -0.39 is 23.0 Å². The first kappa shape index (κ1) is 18.6. The summed E-state index contributed by atoms with van der Waals surface area (Å²) >= 11 is 0. The predicted octanol–water partition coefficient (Wildman–Crippen LogP) is 3.57. The molecular weight excluding hydrogens is 308 g/mol. The summed E-state index contributed by atoms with van der Waals surface area (Å²) in [5, 5.41) is 9.56. The summed E-state index contributed by atoms with van der Waals surface area (Å²) in [6, 6.07) is -1.01. The van der Waals surface area contributed by atoms with Gasteiger partial charge >= 0.3 is 18.1 Å². The van der Waals surface area contributed by atoms with E-state index in [4.69, 9.17) is 11.3 Å². The Bertz CT molecular complexity index is 518. The van der Waals surface area contributed by atoms with E-state index in [1.165, 1.54) is 0 Å². The van der Waals surface area contributed by atoms with Gasteiger partial charge in [0.05, 0.1) is 5.41 Å². The molecule has 2 fully saturated rings. The van der Waals surface area contributed by atoms with E-state index in [9.17, 15) is 14.7 Å². The van der Waals surface area contributed by atoms with Gasteiger partial charge in [0.25, 0.3) is 0 Å². The van der Waals surface area contributed by atoms with Crippen molar-refractivity contribution < 1.29 is 19.4 Å². The highest BCUT2D eigenvalue weighted by molar-refractivity contribution is 5.77. The number of carbonyl (C=O) groups is 2. The molecule has 1 saturated heterocycles. The molecule has 0 aromatic rings. The SMILES string of the molecule is [C-]#[N+]C(C(=O)O)C1(C2CCCC2)CCN(C(=O)OC(C)(C)C)CC1. The van der Waals surface area contributed by atoms with Gasteiger partial charge in [-0.1, -0.05) is 12.8 Å². The van der Waals surface area contributed by atoms with E-state index in [1.54, 1.807) is 4.90 Å². The number of nitrogens with zero attached hydrogens (tertiary/aromatic N) is 2. The molecule has 1 heterocycles. The highest BCUT2D eigenvalue weighted by atomic mass is 16.6. The number of carboxylic acid groups (broad SMARTS) is 1. The number of ether oxygens (including phenoxy) is 1. The average molecular weight is 336 g/mol. The monoisotopic (exact) mass is 336 g/mol. The molecule has 1 aliphatic heterocycles. The third-order valence-electron chi connectivity index (χ3n) is 5.42. The van der Waals surface area contributed by atoms with Crippen LogP contribution in [0.5, 0.6) is 0 Å². The highest BCUT2D eigenvalue weighted by Crippen LogP contribution is 2.50. The predicted molar refractivity (Wildman–Crippen MR) is 89.5 cm³/mol. The topological polar surface area (TPSA) is 71.2 Å². The van der Waals surface area contributed by atoms with Crippen LogP contribution in [0.2, 0.25) is 0 Å². The summed E-state index contributed by atoms with van der Waals surface area (Å²) in [5.41, 5.74) is -1.06. The number of hydrogen-bond donors (Lipinski definition) is 1. The van der Waals surface area contributed by atoms with E-state index >= 15 is 0 Å². The summed E-state index contributed by atoms with van der Waals surface area (Å²) in [4.78, 5) is 29.0. The molecule has 1 unspecified atom stereocenters. The Morgan fingerprint density at radius 1 is 1.25 bits per heavy atom. The molecule has 6 heteroatoms. The quantitative estimate of drug-likeness (QED) is 0.800. The van der Waals surface area contributed by atoms with Crippen LogP contribution in [0.1, 0.15) is 59.3 Å². The second-order valence-electron chi connectivity index (χ2n) is 8.05. The van der Waals surface area contributed by atoms with Crippen molar-refractivity contribution in [2.75, 3.05) is 13.1 Å². The van der Waals surface area contributed by atoms with Crippen LogP contribution in [0, 0.1) is 17.9 Å². The van der Waals surface area contributed by atoms with Crippen LogP contribution in [0.25, 0.3) is 4.85 Å². The fraction of sp³-hybridized carbons (Fsp3) is 0.833. The van der Waals surface area contributed by atoms with Crippen molar-refractivity contribution in [3.63, 3.8) is 0 Å². The van der Waals surface area contributed by atoms with E-state index in [0.29, 0.717) is 25.9 Å². The third-order valence-corrected chi connectivity index (χ3v) is 5.42. The Kier molecular flexibility index (Phi) is 5.42. The van der Waals surface area contributed by atoms with Gasteiger partial charge in [0, 0.05) is 13.1 Å². The molecule has 0 bridgehead atoms. The Morgan fingerprint density at radius 3 is 2.21 bits per heavy atom. The molecule has 0 aromatic carbocycles. The molecule has 24 heavy (non-hydrogen) atoms. The van der Waals surface area contributed by atoms with Gasteiger partial charge in [-0.25, -0.2) is 16.2 Å². The lowest BCUT2D eigenvalue weighted by atomic mass is 9.63. The van der Waals surface area contributed by atoms with Crippen LogP contribution in [0.4, 0.5) is 4.79 Å². The number of rotatable bonds is 3. The van der Waals surface area contributed by atoms with Gasteiger partial charge in [-0.3, -0.25) is 0 Å². The molecule has 1 N–H and O–H groups in total. The van der Waals surface area contributed by atoms with Crippen LogP contribution in [-0.2, 0) is 9.53 Å². The minimum atomic E-state index is -1.03. The van der Waals surface area contributed by atoms with E-state index in [2.05, 4.69) is 4.85 Å². The fourth-order valence-corrected chi connectivity index (χ4v) is 4.27. The smallest absolute Gasteiger partial charge is 0.410 e. The Morgan fingerprint density at radius 2 is 1.79 bits per heavy atom. The summed E-state index contributed by atoms with van der Waals surface area (Å²) in [6.45, 7) is 13.8. The first-order valence-corrected chi connectivity index (χ1v) is 8.77. The molecule has 1 aliphatic carbocycles. The second kappa shape index (κ2) is 7.00. The minimum Gasteiger partial charge on any atom is -0.475 e. The summed E-state index contributed by atoms with van der Waals surface area (Å²) < 4.78 is 5.42. The van der Waals surface area contributed by atoms with Gasteiger partial charge in [-0.05, 0) is 52.4 Å². The summed E-state index contributed by atoms with van der Waals surface area (Å²) in [5.74, 6) is -0.754. The van der Waals surface area contributed by atoms with Crippen LogP contribution < -0.4 is 0 Å². The lowest BCUT2D eigenvalue weighted by Crippen LogP contribution is -2.53. The molecule has 0 aromatic heterocycles. The zero-order valence-electron chi connectivity index (χ0n) is 14.9. The molecule has 2 aliphatic rings. The molecule has 2 rings (SSSR count). The second-order valence-corrected chi connectivity index (χ2v) is 8.05. The lowest BCUT2D eigenvalue weighted by Gasteiger charge is -2.44. The third kappa shape index (κ3) is 3.82. The average Bonchev–Trinajstić information content (AvgIpc) is 3.01. The molecular formula is C18H28N2O4. The molecule has 0 spiro atoms. The first-order valence-electron chi connectivity index (χ1n) is 8.77. The molecule has 134 valence electrons. The zero-order chi connectivity index (χ0) is 18.0. The van der Waals surface area contributed by atoms with E-state index in [0.717, 1.165) is 25.7 Å². The van der Waals surface area contributed by atoms with E-state index in [1.807, 2.05) is 20.8 Å². The molecule has 1 amide bonds. The van der Waals surface area contributed by atoms with Crippen molar-refractivity contribution in [1.29, 1.82) is 0 Å². The van der Waals surface area contributed by atoms with Crippen molar-refractivity contribution in [3.8, 4) is 0 Å². The van der Waals surface area contributed by atoms with Gasteiger partial charge in [0.1, 0.15) is 5.60 Å². The minimum absolute atomic E-state index is 0.272. The lowest BCUT2D eigenvalue weighted by molar-refractivity contribution is -0.143. The summed E-state index contributed by atoms with van der Waals surface area (Å²) in [6.07, 6.45) is 4.97. The standard InChI is InChI=1S/C18H28N2O4/c1-17(2,3)24-16(23)20-11-9-18(10-12-20,13-7-5-6-8-13)14(19-4)15(21)22/h13-14H,5-12H2,1-3H3,(H,21,22). The number of hydrogen-bond acceptors (Lipinski definition) is 3. The Labute approximate surface area is 144 Å². The number of aliphatic carboxylic acids is 1. The van der Waals surface area contributed by atoms with Crippen LogP contribution >= 0.6 is 0 Å². The number of piperidine rings is 1. The maximum absolute atomic E-state index is 12.2. The molecule has 1 atom stereocenters. The molecule has 6 nitrogen and oxygen atoms in total. The Hall–Kier alpha value is -1.77. The summed E-state index contributed by atoms with van der Waals surface area (Å²) in [7, 11) is 0. The number of carboxylic acids is 1. The normalized spacial score (nSPS) is 22.7. The van der Waals surface area contributed by atoms with Crippen molar-refractivity contribution in [3.05, 3.63) is 11.4 Å². The van der Waals surface area contributed by atoms with Crippen molar-refractivity contribution in [2.24, 2.45) is 11.3 Å². The maximum Gasteiger partial charge on any atom is 0.410 e. The van der Waals surface area contributed by atoms with Gasteiger partial charge in [-0.2, -0.15) is 0 Å². The van der Waals surface area contributed by atoms with E-state index in [-0.39, 0.29) is 12.0 Å². The van der Waals surface area contributed by atoms with Gasteiger partial charge in [-0.15, -0.1) is 0 Å². The van der Waals surface area contributed by atoms with Crippen LogP contribution in [0.3, 0.4) is 0 Å². The first-order chi connectivity index (χ1) is 11.2. The van der Waals surface area contributed by atoms with Crippen LogP contribution in [-0.4, -0.2) is 46.8 Å². The van der Waals surface area contributed by atoms with Gasteiger partial charge in [0.15, 0.2) is 0 Å². The maximum atomic E-state index is 12.2. The number of amides is 1. The van der Waals surface area contributed by atoms with Gasteiger partial charge < -0.3 is 19.6 Å². The van der Waals surface area contributed by atoms with Crippen LogP contribution in [0.15, 0.2) is 0 Å². The van der Waals surface area contributed by atoms with Crippen molar-refractivity contribution >= 4 is 12.1 Å². The molecule has 0 radical (unpaired) electrons. The number of likely N-dealkylation sites (tertiary alicyclic amines) is 1. The highest BCUT2D eigenvalue weighted by Gasteiger charge is 2.55. The van der Waals surface area contributed by atoms with Gasteiger partial charge in [0.2, 0.25) is 0 Å². The largest absolute Gasteiger partial charge is 0.475 e.